The van der Waals surface area contributed by atoms with Crippen LogP contribution >= 0.6 is 0 Å². The Morgan fingerprint density at radius 3 is 2.45 bits per heavy atom. The normalized spacial score (nSPS) is 11.2. The van der Waals surface area contributed by atoms with Gasteiger partial charge in [0.05, 0.1) is 12.2 Å². The van der Waals surface area contributed by atoms with Gasteiger partial charge in [-0.3, -0.25) is 9.59 Å². The number of ether oxygens (including phenoxy) is 2. The molecule has 0 aliphatic carbocycles. The highest BCUT2D eigenvalue weighted by Gasteiger charge is 2.20. The van der Waals surface area contributed by atoms with Gasteiger partial charge in [0.1, 0.15) is 18.1 Å². The highest BCUT2D eigenvalue weighted by Crippen LogP contribution is 2.28. The van der Waals surface area contributed by atoms with Crippen molar-refractivity contribution in [3.05, 3.63) is 94.7 Å². The van der Waals surface area contributed by atoms with Crippen molar-refractivity contribution in [2.24, 2.45) is 5.92 Å². The number of hydrogen-bond donors (Lipinski definition) is 2. The quantitative estimate of drug-likeness (QED) is 0.188. The number of carbonyl (C=O) groups excluding carboxylic acids is 1. The van der Waals surface area contributed by atoms with Gasteiger partial charge in [0.15, 0.2) is 5.78 Å². The summed E-state index contributed by atoms with van der Waals surface area (Å²) in [7, 11) is 0. The average molecular weight is 514 g/mol. The van der Waals surface area contributed by atoms with Crippen molar-refractivity contribution in [2.45, 2.75) is 53.1 Å². The lowest BCUT2D eigenvalue weighted by atomic mass is 9.98. The van der Waals surface area contributed by atoms with Crippen LogP contribution < -0.4 is 9.47 Å². The minimum absolute atomic E-state index is 0.0560. The van der Waals surface area contributed by atoms with E-state index in [1.165, 1.54) is 5.56 Å². The Balaban J connectivity index is 1.49. The molecule has 0 atom stereocenters. The van der Waals surface area contributed by atoms with E-state index in [1.807, 2.05) is 31.2 Å². The number of aromatic amines is 1. The molecule has 198 valence electrons. The topological polar surface area (TPSA) is 88.6 Å². The molecule has 38 heavy (non-hydrogen) atoms. The van der Waals surface area contributed by atoms with Crippen molar-refractivity contribution in [2.75, 3.05) is 6.61 Å². The molecule has 0 aliphatic heterocycles. The van der Waals surface area contributed by atoms with Crippen LogP contribution in [0.3, 0.4) is 0 Å². The van der Waals surface area contributed by atoms with Crippen LogP contribution in [-0.4, -0.2) is 28.4 Å². The number of carbonyl (C=O) groups is 2. The number of benzene rings is 3. The number of carboxylic acid groups (broad SMARTS) is 1. The van der Waals surface area contributed by atoms with Gasteiger partial charge in [-0.2, -0.15) is 0 Å². The molecule has 0 fully saturated rings. The zero-order valence-corrected chi connectivity index (χ0v) is 22.3. The van der Waals surface area contributed by atoms with Crippen LogP contribution in [0.25, 0.3) is 10.9 Å². The fourth-order valence-electron chi connectivity index (χ4n) is 4.68. The van der Waals surface area contributed by atoms with Crippen molar-refractivity contribution >= 4 is 22.7 Å². The maximum atomic E-state index is 13.6. The number of hydrogen-bond acceptors (Lipinski definition) is 4. The third-order valence-electron chi connectivity index (χ3n) is 6.41. The molecule has 0 amide bonds. The Hall–Kier alpha value is -4.06. The number of aromatic nitrogens is 1. The Morgan fingerprint density at radius 1 is 0.974 bits per heavy atom. The van der Waals surface area contributed by atoms with Crippen molar-refractivity contribution in [1.29, 1.82) is 0 Å². The largest absolute Gasteiger partial charge is 0.493 e. The first-order valence-electron chi connectivity index (χ1n) is 13.2. The predicted molar refractivity (Wildman–Crippen MR) is 149 cm³/mol. The van der Waals surface area contributed by atoms with E-state index in [1.54, 1.807) is 24.3 Å². The van der Waals surface area contributed by atoms with Crippen molar-refractivity contribution in [3.8, 4) is 11.5 Å². The van der Waals surface area contributed by atoms with Crippen LogP contribution in [-0.2, 0) is 24.2 Å². The summed E-state index contributed by atoms with van der Waals surface area (Å²) < 4.78 is 11.9. The van der Waals surface area contributed by atoms with Crippen molar-refractivity contribution < 1.29 is 24.2 Å². The molecular weight excluding hydrogens is 478 g/mol. The molecule has 2 N–H and O–H groups in total. The highest BCUT2D eigenvalue weighted by atomic mass is 16.5. The van der Waals surface area contributed by atoms with Gasteiger partial charge < -0.3 is 19.6 Å². The monoisotopic (exact) mass is 513 g/mol. The van der Waals surface area contributed by atoms with E-state index in [9.17, 15) is 9.59 Å². The van der Waals surface area contributed by atoms with Gasteiger partial charge in [-0.25, -0.2) is 0 Å². The van der Waals surface area contributed by atoms with Crippen LogP contribution in [0.1, 0.15) is 66.4 Å². The SMILES string of the molecule is CCOc1cc(CC(C)C)ccc1COc1ccc(C(=O)c2c(CCCC(=O)O)[nH]c3ccccc23)cc1. The molecule has 6 nitrogen and oxygen atoms in total. The van der Waals surface area contributed by atoms with Gasteiger partial charge in [0, 0.05) is 34.1 Å². The maximum Gasteiger partial charge on any atom is 0.303 e. The summed E-state index contributed by atoms with van der Waals surface area (Å²) in [5, 5.41) is 9.86. The lowest BCUT2D eigenvalue weighted by Gasteiger charge is -2.14. The molecule has 0 aliphatic rings. The van der Waals surface area contributed by atoms with Crippen molar-refractivity contribution in [1.82, 2.24) is 4.98 Å². The van der Waals surface area contributed by atoms with Crippen molar-refractivity contribution in [3.63, 3.8) is 0 Å². The smallest absolute Gasteiger partial charge is 0.303 e. The van der Waals surface area contributed by atoms with Crippen LogP contribution in [0.5, 0.6) is 11.5 Å². The number of aryl methyl sites for hydroxylation is 1. The molecule has 3 aromatic carbocycles. The number of fused-ring (bicyclic) bond motifs is 1. The van der Waals surface area contributed by atoms with E-state index < -0.39 is 5.97 Å². The average Bonchev–Trinajstić information content (AvgIpc) is 3.26. The summed E-state index contributed by atoms with van der Waals surface area (Å²) in [5.41, 5.74) is 5.00. The summed E-state index contributed by atoms with van der Waals surface area (Å²) in [6, 6.07) is 21.1. The highest BCUT2D eigenvalue weighted by molar-refractivity contribution is 6.17. The molecule has 0 saturated heterocycles. The standard InChI is InChI=1S/C32H35NO5/c1-4-37-29-19-22(18-21(2)3)12-13-24(29)20-38-25-16-14-23(15-17-25)32(36)31-26-8-5-6-9-27(26)33-28(31)10-7-11-30(34)35/h5-6,8-9,12-17,19,21,33H,4,7,10-11,18,20H2,1-3H3,(H,34,35). The molecule has 1 heterocycles. The lowest BCUT2D eigenvalue weighted by molar-refractivity contribution is -0.137. The molecule has 1 aromatic heterocycles. The van der Waals surface area contributed by atoms with E-state index in [4.69, 9.17) is 14.6 Å². The molecule has 0 radical (unpaired) electrons. The van der Waals surface area contributed by atoms with Gasteiger partial charge in [-0.1, -0.05) is 44.2 Å². The second-order valence-electron chi connectivity index (χ2n) is 9.89. The third kappa shape index (κ3) is 6.62. The number of nitrogens with one attached hydrogen (secondary N) is 1. The van der Waals surface area contributed by atoms with Crippen LogP contribution in [0.2, 0.25) is 0 Å². The lowest BCUT2D eigenvalue weighted by Crippen LogP contribution is -2.06. The molecular formula is C32H35NO5. The van der Waals surface area contributed by atoms with E-state index >= 15 is 0 Å². The van der Waals surface area contributed by atoms with Crippen LogP contribution in [0, 0.1) is 5.92 Å². The fraction of sp³-hybridized carbons (Fsp3) is 0.312. The first-order chi connectivity index (χ1) is 18.4. The predicted octanol–water partition coefficient (Wildman–Crippen LogP) is 6.98. The van der Waals surface area contributed by atoms with Gasteiger partial charge >= 0.3 is 5.97 Å². The molecule has 0 unspecified atom stereocenters. The van der Waals surface area contributed by atoms with E-state index in [2.05, 4.69) is 37.0 Å². The van der Waals surface area contributed by atoms with Gasteiger partial charge in [0.2, 0.25) is 0 Å². The molecule has 4 rings (SSSR count). The third-order valence-corrected chi connectivity index (χ3v) is 6.41. The summed E-state index contributed by atoms with van der Waals surface area (Å²) in [6.45, 7) is 7.32. The maximum absolute atomic E-state index is 13.6. The Labute approximate surface area is 223 Å². The Bertz CT molecular complexity index is 1400. The Kier molecular flexibility index (Phi) is 8.85. The minimum atomic E-state index is -0.843. The molecule has 0 saturated carbocycles. The number of aliphatic carboxylic acids is 1. The van der Waals surface area contributed by atoms with Gasteiger partial charge in [-0.05, 0) is 74.1 Å². The Morgan fingerprint density at radius 2 is 1.74 bits per heavy atom. The molecule has 4 aromatic rings. The summed E-state index contributed by atoms with van der Waals surface area (Å²) in [4.78, 5) is 27.9. The zero-order valence-electron chi connectivity index (χ0n) is 22.3. The number of ketones is 1. The molecule has 0 spiro atoms. The second kappa shape index (κ2) is 12.5. The minimum Gasteiger partial charge on any atom is -0.493 e. The zero-order chi connectivity index (χ0) is 27.1. The summed E-state index contributed by atoms with van der Waals surface area (Å²) >= 11 is 0. The van der Waals surface area contributed by atoms with E-state index in [0.29, 0.717) is 48.8 Å². The number of H-pyrrole nitrogens is 1. The first kappa shape index (κ1) is 27.0. The molecule has 6 heteroatoms. The van der Waals surface area contributed by atoms with E-state index in [-0.39, 0.29) is 12.2 Å². The van der Waals surface area contributed by atoms with E-state index in [0.717, 1.165) is 34.3 Å². The van der Waals surface area contributed by atoms with Gasteiger partial charge in [0.25, 0.3) is 0 Å². The van der Waals surface area contributed by atoms with Crippen LogP contribution in [0.15, 0.2) is 66.7 Å². The van der Waals surface area contributed by atoms with Gasteiger partial charge in [-0.15, -0.1) is 0 Å². The first-order valence-corrected chi connectivity index (χ1v) is 13.2. The molecule has 0 bridgehead atoms. The van der Waals surface area contributed by atoms with Crippen LogP contribution in [0.4, 0.5) is 0 Å². The summed E-state index contributed by atoms with van der Waals surface area (Å²) in [5.74, 6) is 1.13. The fourth-order valence-corrected chi connectivity index (χ4v) is 4.68. The number of rotatable bonds is 13. The number of para-hydroxylation sites is 1. The number of carboxylic acids is 1. The summed E-state index contributed by atoms with van der Waals surface area (Å²) in [6.07, 6.45) is 1.99. The second-order valence-corrected chi connectivity index (χ2v) is 9.89.